The van der Waals surface area contributed by atoms with Crippen LogP contribution in [0.15, 0.2) is 29.0 Å². The van der Waals surface area contributed by atoms with Crippen molar-refractivity contribution in [2.45, 2.75) is 70.4 Å². The Kier molecular flexibility index (Phi) is 6.79. The summed E-state index contributed by atoms with van der Waals surface area (Å²) in [5.41, 5.74) is 0.904. The number of rotatable bonds is 7. The van der Waals surface area contributed by atoms with Gasteiger partial charge in [-0.3, -0.25) is 19.0 Å². The molecule has 1 aromatic rings. The molecule has 2 aliphatic rings. The van der Waals surface area contributed by atoms with Crippen LogP contribution < -0.4 is 16.2 Å². The van der Waals surface area contributed by atoms with Crippen molar-refractivity contribution in [3.05, 3.63) is 40.1 Å². The molecular formula is C20H28N4O3. The minimum absolute atomic E-state index is 0.00967. The monoisotopic (exact) mass is 372 g/mol. The van der Waals surface area contributed by atoms with Gasteiger partial charge in [-0.05, 0) is 44.9 Å². The van der Waals surface area contributed by atoms with Gasteiger partial charge in [0, 0.05) is 18.8 Å². The molecule has 0 bridgehead atoms. The van der Waals surface area contributed by atoms with Gasteiger partial charge in [0.2, 0.25) is 5.91 Å². The second-order valence-electron chi connectivity index (χ2n) is 7.40. The number of carbonyl (C=O) groups excluding carboxylic acids is 2. The van der Waals surface area contributed by atoms with Crippen LogP contribution in [0.25, 0.3) is 0 Å². The molecular weight excluding hydrogens is 344 g/mol. The molecule has 0 aliphatic heterocycles. The third kappa shape index (κ3) is 5.52. The smallest absolute Gasteiger partial charge is 0.266 e. The van der Waals surface area contributed by atoms with Gasteiger partial charge in [-0.25, -0.2) is 4.98 Å². The topological polar surface area (TPSA) is 93.1 Å². The zero-order valence-corrected chi connectivity index (χ0v) is 15.7. The Morgan fingerprint density at radius 2 is 2.00 bits per heavy atom. The maximum Gasteiger partial charge on any atom is 0.266 e. The molecule has 1 heterocycles. The van der Waals surface area contributed by atoms with Gasteiger partial charge in [0.1, 0.15) is 12.1 Å². The van der Waals surface area contributed by atoms with Gasteiger partial charge in [0.15, 0.2) is 0 Å². The molecule has 0 aromatic carbocycles. The molecule has 1 aromatic heterocycles. The van der Waals surface area contributed by atoms with Crippen LogP contribution in [-0.2, 0) is 11.3 Å². The highest BCUT2D eigenvalue weighted by Crippen LogP contribution is 2.19. The molecule has 0 radical (unpaired) electrons. The van der Waals surface area contributed by atoms with Crippen molar-refractivity contribution >= 4 is 11.8 Å². The molecule has 0 atom stereocenters. The molecule has 27 heavy (non-hydrogen) atoms. The minimum atomic E-state index is -0.481. The number of allylic oxidation sites excluding steroid dienone is 1. The van der Waals surface area contributed by atoms with E-state index in [1.54, 1.807) is 0 Å². The molecule has 2 N–H and O–H groups in total. The Morgan fingerprint density at radius 3 is 2.74 bits per heavy atom. The molecule has 0 saturated heterocycles. The lowest BCUT2D eigenvalue weighted by molar-refractivity contribution is -0.121. The minimum Gasteiger partial charge on any atom is -0.354 e. The van der Waals surface area contributed by atoms with E-state index in [0.29, 0.717) is 6.54 Å². The third-order valence-electron chi connectivity index (χ3n) is 5.30. The van der Waals surface area contributed by atoms with Gasteiger partial charge in [0.05, 0.1) is 6.33 Å². The zero-order chi connectivity index (χ0) is 19.1. The van der Waals surface area contributed by atoms with Crippen LogP contribution in [0.5, 0.6) is 0 Å². The standard InChI is InChI=1S/C20H28N4O3/c25-18(22-11-10-15-6-2-1-3-7-15)13-24-14-21-12-17(20(24)27)19(26)23-16-8-4-5-9-16/h6,12,14,16H,1-5,7-11,13H2,(H,22,25)(H,23,26). The van der Waals surface area contributed by atoms with Crippen LogP contribution in [-0.4, -0.2) is 34.0 Å². The first-order valence-electron chi connectivity index (χ1n) is 9.93. The van der Waals surface area contributed by atoms with Gasteiger partial charge >= 0.3 is 0 Å². The van der Waals surface area contributed by atoms with Gasteiger partial charge in [-0.2, -0.15) is 0 Å². The number of hydrogen-bond donors (Lipinski definition) is 2. The molecule has 146 valence electrons. The fraction of sp³-hybridized carbons (Fsp3) is 0.600. The number of nitrogens with one attached hydrogen (secondary N) is 2. The summed E-state index contributed by atoms with van der Waals surface area (Å²) in [6.45, 7) is 0.435. The Morgan fingerprint density at radius 1 is 1.19 bits per heavy atom. The summed E-state index contributed by atoms with van der Waals surface area (Å²) < 4.78 is 1.19. The zero-order valence-electron chi connectivity index (χ0n) is 15.7. The van der Waals surface area contributed by atoms with E-state index in [2.05, 4.69) is 21.7 Å². The first-order chi connectivity index (χ1) is 13.1. The summed E-state index contributed by atoms with van der Waals surface area (Å²) in [4.78, 5) is 41.0. The lowest BCUT2D eigenvalue weighted by atomic mass is 9.97. The fourth-order valence-electron chi connectivity index (χ4n) is 3.76. The molecule has 0 spiro atoms. The maximum atomic E-state index is 12.5. The number of carbonyl (C=O) groups is 2. The first-order valence-corrected chi connectivity index (χ1v) is 9.93. The van der Waals surface area contributed by atoms with Gasteiger partial charge in [-0.1, -0.05) is 24.5 Å². The molecule has 1 fully saturated rings. The highest BCUT2D eigenvalue weighted by Gasteiger charge is 2.20. The van der Waals surface area contributed by atoms with Crippen molar-refractivity contribution in [1.82, 2.24) is 20.2 Å². The summed E-state index contributed by atoms with van der Waals surface area (Å²) in [5.74, 6) is -0.651. The maximum absolute atomic E-state index is 12.5. The van der Waals surface area contributed by atoms with E-state index in [1.165, 1.54) is 35.5 Å². The van der Waals surface area contributed by atoms with E-state index in [1.807, 2.05) is 0 Å². The molecule has 7 heteroatoms. The third-order valence-corrected chi connectivity index (χ3v) is 5.30. The number of amides is 2. The van der Waals surface area contributed by atoms with E-state index in [9.17, 15) is 14.4 Å². The Balaban J connectivity index is 1.53. The Labute approximate surface area is 159 Å². The van der Waals surface area contributed by atoms with Gasteiger partial charge in [0.25, 0.3) is 11.5 Å². The highest BCUT2D eigenvalue weighted by atomic mass is 16.2. The largest absolute Gasteiger partial charge is 0.354 e. The second-order valence-corrected chi connectivity index (χ2v) is 7.40. The van der Waals surface area contributed by atoms with Crippen molar-refractivity contribution in [3.8, 4) is 0 Å². The predicted molar refractivity (Wildman–Crippen MR) is 102 cm³/mol. The summed E-state index contributed by atoms with van der Waals surface area (Å²) in [6.07, 6.45) is 14.5. The number of hydrogen-bond acceptors (Lipinski definition) is 4. The molecule has 3 rings (SSSR count). The lowest BCUT2D eigenvalue weighted by Crippen LogP contribution is -2.39. The van der Waals surface area contributed by atoms with E-state index < -0.39 is 11.5 Å². The van der Waals surface area contributed by atoms with E-state index in [4.69, 9.17) is 0 Å². The van der Waals surface area contributed by atoms with Crippen LogP contribution in [0.3, 0.4) is 0 Å². The van der Waals surface area contributed by atoms with Crippen LogP contribution in [0.2, 0.25) is 0 Å². The molecule has 7 nitrogen and oxygen atoms in total. The molecule has 1 saturated carbocycles. The average molecular weight is 372 g/mol. The second kappa shape index (κ2) is 9.48. The predicted octanol–water partition coefficient (Wildman–Crippen LogP) is 1.92. The molecule has 2 amide bonds. The summed E-state index contributed by atoms with van der Waals surface area (Å²) in [6, 6.07) is 0.128. The van der Waals surface area contributed by atoms with Crippen molar-refractivity contribution < 1.29 is 9.59 Å². The number of nitrogens with zero attached hydrogens (tertiary/aromatic N) is 2. The Bertz CT molecular complexity index is 763. The van der Waals surface area contributed by atoms with Crippen LogP contribution in [0, 0.1) is 0 Å². The summed E-state index contributed by atoms with van der Waals surface area (Å²) in [5, 5.41) is 5.73. The molecule has 2 aliphatic carbocycles. The first kappa shape index (κ1) is 19.3. The van der Waals surface area contributed by atoms with E-state index >= 15 is 0 Å². The van der Waals surface area contributed by atoms with Gasteiger partial charge in [-0.15, -0.1) is 0 Å². The van der Waals surface area contributed by atoms with Gasteiger partial charge < -0.3 is 10.6 Å². The fourth-order valence-corrected chi connectivity index (χ4v) is 3.76. The van der Waals surface area contributed by atoms with E-state index in [-0.39, 0.29) is 24.1 Å². The summed E-state index contributed by atoms with van der Waals surface area (Å²) in [7, 11) is 0. The highest BCUT2D eigenvalue weighted by molar-refractivity contribution is 5.93. The summed E-state index contributed by atoms with van der Waals surface area (Å²) >= 11 is 0. The van der Waals surface area contributed by atoms with E-state index in [0.717, 1.165) is 44.9 Å². The van der Waals surface area contributed by atoms with Crippen molar-refractivity contribution in [2.75, 3.05) is 6.54 Å². The van der Waals surface area contributed by atoms with Crippen molar-refractivity contribution in [2.24, 2.45) is 0 Å². The lowest BCUT2D eigenvalue weighted by Gasteiger charge is -2.14. The Hall–Kier alpha value is -2.44. The van der Waals surface area contributed by atoms with Crippen molar-refractivity contribution in [3.63, 3.8) is 0 Å². The average Bonchev–Trinajstić information content (AvgIpc) is 3.17. The van der Waals surface area contributed by atoms with Crippen molar-refractivity contribution in [1.29, 1.82) is 0 Å². The van der Waals surface area contributed by atoms with Crippen LogP contribution in [0.4, 0.5) is 0 Å². The number of aromatic nitrogens is 2. The SMILES string of the molecule is O=C(Cn1cncc(C(=O)NC2CCCC2)c1=O)NCCC1=CCCCC1. The van der Waals surface area contributed by atoms with Crippen LogP contribution in [0.1, 0.15) is 68.1 Å². The quantitative estimate of drug-likeness (QED) is 0.715. The molecule has 0 unspecified atom stereocenters. The van der Waals surface area contributed by atoms with Crippen LogP contribution >= 0.6 is 0 Å². The normalized spacial score (nSPS) is 17.4.